The van der Waals surface area contributed by atoms with E-state index in [4.69, 9.17) is 0 Å². The third-order valence-corrected chi connectivity index (χ3v) is 16.5. The summed E-state index contributed by atoms with van der Waals surface area (Å²) in [4.78, 5) is 4.43. The van der Waals surface area contributed by atoms with Crippen LogP contribution >= 0.6 is 0 Å². The predicted octanol–water partition coefficient (Wildman–Crippen LogP) is 23.0. The third-order valence-electron chi connectivity index (χ3n) is 16.5. The molecule has 0 atom stereocenters. The van der Waals surface area contributed by atoms with E-state index in [1.807, 2.05) is 97.1 Å². The van der Waals surface area contributed by atoms with Gasteiger partial charge in [-0.25, -0.2) is 26.3 Å². The standard InChI is InChI=1S/C78H46F6N2/c79-51-23-29-63(49-33-53(81)39-54(82)34-49)69(41-51)47-21-27-65-71(37-47)77-46-76-68-32-26-62(86(59-17-9-3-10-18-59)60-19-11-4-12-20-60)44-74(68)66-28-22-48(70-42-52(80)24-30-64(70)50-35-55(83)40-56(84)36-50)38-72(66)78(76)45-75(77)67-31-25-61(43-73(65)67)85(57-13-5-1-6-14-57)58-15-7-2-8-16-58/h1-46H. The molecule has 15 aromatic rings. The Morgan fingerprint density at radius 1 is 0.163 bits per heavy atom. The van der Waals surface area contributed by atoms with E-state index >= 15 is 8.78 Å². The molecule has 2 nitrogen and oxygen atoms in total. The zero-order valence-corrected chi connectivity index (χ0v) is 45.7. The van der Waals surface area contributed by atoms with E-state index in [2.05, 4.69) is 119 Å². The van der Waals surface area contributed by atoms with Gasteiger partial charge in [-0.15, -0.1) is 0 Å². The van der Waals surface area contributed by atoms with Gasteiger partial charge in [0.15, 0.2) is 0 Å². The molecule has 0 saturated carbocycles. The summed E-state index contributed by atoms with van der Waals surface area (Å²) in [5.41, 5.74) is 9.26. The van der Waals surface area contributed by atoms with Crippen molar-refractivity contribution in [3.05, 3.63) is 314 Å². The van der Waals surface area contributed by atoms with Crippen LogP contribution in [0.2, 0.25) is 0 Å². The van der Waals surface area contributed by atoms with Crippen LogP contribution in [0, 0.1) is 34.9 Å². The van der Waals surface area contributed by atoms with Crippen molar-refractivity contribution in [3.8, 4) is 44.5 Å². The molecule has 0 spiro atoms. The van der Waals surface area contributed by atoms with Gasteiger partial charge < -0.3 is 9.80 Å². The van der Waals surface area contributed by atoms with Crippen LogP contribution in [0.5, 0.6) is 0 Å². The Morgan fingerprint density at radius 2 is 0.453 bits per heavy atom. The summed E-state index contributed by atoms with van der Waals surface area (Å²) < 4.78 is 91.4. The molecule has 0 fully saturated rings. The van der Waals surface area contributed by atoms with Crippen LogP contribution in [0.25, 0.3) is 109 Å². The molecule has 0 N–H and O–H groups in total. The average molecular weight is 1130 g/mol. The van der Waals surface area contributed by atoms with Gasteiger partial charge in [0.25, 0.3) is 0 Å². The summed E-state index contributed by atoms with van der Waals surface area (Å²) >= 11 is 0. The maximum atomic E-state index is 15.7. The fourth-order valence-electron chi connectivity index (χ4n) is 12.7. The molecule has 0 bridgehead atoms. The average Bonchev–Trinajstić information content (AvgIpc) is 0.745. The van der Waals surface area contributed by atoms with Gasteiger partial charge in [0.1, 0.15) is 34.9 Å². The van der Waals surface area contributed by atoms with Gasteiger partial charge in [0.05, 0.1) is 0 Å². The molecule has 8 heteroatoms. The molecule has 0 heterocycles. The highest BCUT2D eigenvalue weighted by Crippen LogP contribution is 2.48. The Bertz CT molecular complexity index is 4750. The number of nitrogens with zero attached hydrogens (tertiary/aromatic N) is 2. The first-order valence-corrected chi connectivity index (χ1v) is 28.2. The van der Waals surface area contributed by atoms with Crippen LogP contribution in [0.15, 0.2) is 279 Å². The molecule has 86 heavy (non-hydrogen) atoms. The van der Waals surface area contributed by atoms with Gasteiger partial charge in [0, 0.05) is 46.3 Å². The zero-order chi connectivity index (χ0) is 58.2. The highest BCUT2D eigenvalue weighted by Gasteiger charge is 2.22. The van der Waals surface area contributed by atoms with E-state index < -0.39 is 34.9 Å². The molecule has 0 saturated heterocycles. The lowest BCUT2D eigenvalue weighted by Crippen LogP contribution is -2.09. The molecule has 0 aliphatic carbocycles. The highest BCUT2D eigenvalue weighted by molar-refractivity contribution is 6.34. The Hall–Kier alpha value is -11.0. The van der Waals surface area contributed by atoms with Crippen LogP contribution in [0.4, 0.5) is 60.5 Å². The maximum absolute atomic E-state index is 15.7. The van der Waals surface area contributed by atoms with E-state index in [0.29, 0.717) is 33.4 Å². The van der Waals surface area contributed by atoms with E-state index in [9.17, 15) is 17.6 Å². The number of benzene rings is 15. The molecule has 0 aliphatic heterocycles. The first-order valence-electron chi connectivity index (χ1n) is 28.2. The summed E-state index contributed by atoms with van der Waals surface area (Å²) in [5.74, 6) is -4.02. The van der Waals surface area contributed by atoms with Crippen molar-refractivity contribution in [2.24, 2.45) is 0 Å². The highest BCUT2D eigenvalue weighted by atomic mass is 19.2. The summed E-state index contributed by atoms with van der Waals surface area (Å²) in [5, 5.41) is 10.9. The number of para-hydroxylation sites is 4. The molecule has 0 aromatic heterocycles. The summed E-state index contributed by atoms with van der Waals surface area (Å²) in [7, 11) is 0. The lowest BCUT2D eigenvalue weighted by Gasteiger charge is -2.26. The number of halogens is 6. The summed E-state index contributed by atoms with van der Waals surface area (Å²) in [6, 6.07) is 85.4. The number of rotatable bonds is 10. The lowest BCUT2D eigenvalue weighted by molar-refractivity contribution is 0.583. The number of hydrogen-bond acceptors (Lipinski definition) is 2. The second-order valence-corrected chi connectivity index (χ2v) is 21.6. The summed E-state index contributed by atoms with van der Waals surface area (Å²) in [6.07, 6.45) is 0. The maximum Gasteiger partial charge on any atom is 0.126 e. The Labute approximate surface area is 490 Å². The Morgan fingerprint density at radius 3 is 0.791 bits per heavy atom. The fraction of sp³-hybridized carbons (Fsp3) is 0. The SMILES string of the molecule is Fc1cc(F)cc(-c2ccc(F)cc2-c2ccc3c(c2)c2cc4c5ccc(N(c6ccccc6)c6ccccc6)cc5c5ccc(-c6cc(F)ccc6-c6cc(F)cc(F)c6)cc5c4cc2c2ccc(N(c4ccccc4)c4ccccc4)cc32)c1. The minimum atomic E-state index is -0.751. The van der Waals surface area contributed by atoms with Crippen LogP contribution in [-0.4, -0.2) is 0 Å². The van der Waals surface area contributed by atoms with Gasteiger partial charge in [-0.1, -0.05) is 121 Å². The summed E-state index contributed by atoms with van der Waals surface area (Å²) in [6.45, 7) is 0. The van der Waals surface area contributed by atoms with E-state index in [-0.39, 0.29) is 11.1 Å². The number of fused-ring (bicyclic) bond motifs is 12. The van der Waals surface area contributed by atoms with Gasteiger partial charge in [-0.2, -0.15) is 0 Å². The molecule has 0 amide bonds. The van der Waals surface area contributed by atoms with Crippen LogP contribution in [0.1, 0.15) is 0 Å². The quantitative estimate of drug-likeness (QED) is 0.0765. The Kier molecular flexibility index (Phi) is 12.7. The minimum absolute atomic E-state index is 0.266. The zero-order valence-electron chi connectivity index (χ0n) is 45.7. The minimum Gasteiger partial charge on any atom is -0.310 e. The Balaban J connectivity index is 1.06. The number of hydrogen-bond donors (Lipinski definition) is 0. The van der Waals surface area contributed by atoms with Crippen LogP contribution in [-0.2, 0) is 0 Å². The van der Waals surface area contributed by atoms with E-state index in [1.165, 1.54) is 48.5 Å². The molecule has 15 aromatic carbocycles. The smallest absolute Gasteiger partial charge is 0.126 e. The van der Waals surface area contributed by atoms with Crippen LogP contribution < -0.4 is 9.80 Å². The largest absolute Gasteiger partial charge is 0.310 e. The number of anilines is 6. The van der Waals surface area contributed by atoms with Gasteiger partial charge in [-0.05, 0) is 255 Å². The van der Waals surface area contributed by atoms with E-state index in [1.54, 1.807) is 12.1 Å². The van der Waals surface area contributed by atoms with Crippen molar-refractivity contribution >= 4 is 98.8 Å². The van der Waals surface area contributed by atoms with Crippen molar-refractivity contribution < 1.29 is 26.3 Å². The van der Waals surface area contributed by atoms with Crippen molar-refractivity contribution in [3.63, 3.8) is 0 Å². The molecular weight excluding hydrogens is 1080 g/mol. The molecule has 0 unspecified atom stereocenters. The van der Waals surface area contributed by atoms with Gasteiger partial charge in [-0.3, -0.25) is 0 Å². The van der Waals surface area contributed by atoms with Gasteiger partial charge in [0.2, 0.25) is 0 Å². The predicted molar refractivity (Wildman–Crippen MR) is 342 cm³/mol. The first kappa shape index (κ1) is 51.9. The lowest BCUT2D eigenvalue weighted by atomic mass is 9.86. The monoisotopic (exact) mass is 1120 g/mol. The third kappa shape index (κ3) is 9.19. The van der Waals surface area contributed by atoms with Gasteiger partial charge >= 0.3 is 0 Å². The van der Waals surface area contributed by atoms with Crippen molar-refractivity contribution in [2.75, 3.05) is 9.80 Å². The van der Waals surface area contributed by atoms with Crippen molar-refractivity contribution in [2.45, 2.75) is 0 Å². The molecular formula is C78H46F6N2. The topological polar surface area (TPSA) is 6.48 Å². The van der Waals surface area contributed by atoms with Crippen LogP contribution in [0.3, 0.4) is 0 Å². The second kappa shape index (κ2) is 21.0. The molecule has 0 radical (unpaired) electrons. The second-order valence-electron chi connectivity index (χ2n) is 21.6. The molecule has 15 rings (SSSR count). The molecule has 410 valence electrons. The van der Waals surface area contributed by atoms with E-state index in [0.717, 1.165) is 111 Å². The first-order chi connectivity index (χ1) is 42.1. The van der Waals surface area contributed by atoms with Crippen molar-refractivity contribution in [1.29, 1.82) is 0 Å². The van der Waals surface area contributed by atoms with Crippen molar-refractivity contribution in [1.82, 2.24) is 0 Å². The fourth-order valence-corrected chi connectivity index (χ4v) is 12.7. The normalized spacial score (nSPS) is 11.6. The molecule has 0 aliphatic rings.